The summed E-state index contributed by atoms with van der Waals surface area (Å²) in [6.07, 6.45) is 1.96. The van der Waals surface area contributed by atoms with Crippen LogP contribution in [-0.2, 0) is 6.54 Å². The van der Waals surface area contributed by atoms with Crippen molar-refractivity contribution < 1.29 is 0 Å². The minimum Gasteiger partial charge on any atom is -0.295 e. The highest BCUT2D eigenvalue weighted by atomic mass is 35.5. The van der Waals surface area contributed by atoms with Gasteiger partial charge in [0.25, 0.3) is 0 Å². The molecule has 0 aliphatic carbocycles. The maximum atomic E-state index is 5.96. The number of hydrogen-bond donors (Lipinski definition) is 0. The van der Waals surface area contributed by atoms with Crippen molar-refractivity contribution in [1.29, 1.82) is 0 Å². The Kier molecular flexibility index (Phi) is 6.05. The van der Waals surface area contributed by atoms with Gasteiger partial charge < -0.3 is 0 Å². The maximum Gasteiger partial charge on any atom is 0.0542 e. The zero-order valence-electron chi connectivity index (χ0n) is 15.8. The van der Waals surface area contributed by atoms with Crippen LogP contribution in [-0.4, -0.2) is 42.3 Å². The van der Waals surface area contributed by atoms with Gasteiger partial charge in [0.05, 0.1) is 6.21 Å². The molecule has 3 aromatic carbocycles. The van der Waals surface area contributed by atoms with E-state index in [1.54, 1.807) is 0 Å². The zero-order valence-corrected chi connectivity index (χ0v) is 16.6. The molecular weight excluding hydrogens is 366 g/mol. The molecule has 0 radical (unpaired) electrons. The average Bonchev–Trinajstić information content (AvgIpc) is 2.76. The number of halogens is 1. The smallest absolute Gasteiger partial charge is 0.0542 e. The van der Waals surface area contributed by atoms with E-state index in [4.69, 9.17) is 11.6 Å². The van der Waals surface area contributed by atoms with Crippen molar-refractivity contribution in [2.75, 3.05) is 26.2 Å². The van der Waals surface area contributed by atoms with Crippen molar-refractivity contribution in [3.63, 3.8) is 0 Å². The van der Waals surface area contributed by atoms with Gasteiger partial charge in [-0.1, -0.05) is 78.3 Å². The number of benzene rings is 3. The molecule has 4 rings (SSSR count). The number of rotatable bonds is 5. The fraction of sp³-hybridized carbons (Fsp3) is 0.208. The van der Waals surface area contributed by atoms with Crippen LogP contribution in [0.5, 0.6) is 0 Å². The van der Waals surface area contributed by atoms with E-state index in [9.17, 15) is 0 Å². The summed E-state index contributed by atoms with van der Waals surface area (Å²) in [5.74, 6) is 0. The molecule has 0 bridgehead atoms. The van der Waals surface area contributed by atoms with Crippen LogP contribution >= 0.6 is 11.6 Å². The molecule has 1 saturated heterocycles. The minimum absolute atomic E-state index is 0.791. The largest absolute Gasteiger partial charge is 0.295 e. The second kappa shape index (κ2) is 9.05. The van der Waals surface area contributed by atoms with Crippen LogP contribution in [0.4, 0.5) is 0 Å². The van der Waals surface area contributed by atoms with Gasteiger partial charge in [-0.3, -0.25) is 9.91 Å². The summed E-state index contributed by atoms with van der Waals surface area (Å²) in [5.41, 5.74) is 4.90. The van der Waals surface area contributed by atoms with E-state index >= 15 is 0 Å². The summed E-state index contributed by atoms with van der Waals surface area (Å²) in [7, 11) is 0. The third-order valence-electron chi connectivity index (χ3n) is 5.06. The lowest BCUT2D eigenvalue weighted by Crippen LogP contribution is -2.43. The molecule has 0 amide bonds. The molecule has 1 aliphatic rings. The second-order valence-electron chi connectivity index (χ2n) is 7.09. The van der Waals surface area contributed by atoms with Crippen molar-refractivity contribution in [3.05, 3.63) is 95.0 Å². The Labute approximate surface area is 171 Å². The summed E-state index contributed by atoms with van der Waals surface area (Å²) < 4.78 is 0. The SMILES string of the molecule is Clc1ccc(CN2CCN(N=Cc3ccc(-c4ccccc4)cc3)CC2)cc1. The topological polar surface area (TPSA) is 18.8 Å². The molecule has 0 spiro atoms. The van der Waals surface area contributed by atoms with Gasteiger partial charge in [0.15, 0.2) is 0 Å². The van der Waals surface area contributed by atoms with E-state index in [2.05, 4.69) is 75.7 Å². The van der Waals surface area contributed by atoms with Crippen molar-refractivity contribution in [2.45, 2.75) is 6.54 Å². The zero-order chi connectivity index (χ0) is 19.2. The molecule has 3 aromatic rings. The van der Waals surface area contributed by atoms with Crippen molar-refractivity contribution in [3.8, 4) is 11.1 Å². The number of piperazine rings is 1. The molecule has 0 unspecified atom stereocenters. The monoisotopic (exact) mass is 389 g/mol. The van der Waals surface area contributed by atoms with Crippen LogP contribution in [0.3, 0.4) is 0 Å². The third-order valence-corrected chi connectivity index (χ3v) is 5.31. The Balaban J connectivity index is 1.28. The summed E-state index contributed by atoms with van der Waals surface area (Å²) in [5, 5.41) is 7.62. The van der Waals surface area contributed by atoms with Crippen molar-refractivity contribution in [1.82, 2.24) is 9.91 Å². The summed E-state index contributed by atoms with van der Waals surface area (Å²) in [4.78, 5) is 2.46. The quantitative estimate of drug-likeness (QED) is 0.561. The first kappa shape index (κ1) is 18.7. The van der Waals surface area contributed by atoms with Gasteiger partial charge >= 0.3 is 0 Å². The van der Waals surface area contributed by atoms with Crippen LogP contribution in [0.25, 0.3) is 11.1 Å². The van der Waals surface area contributed by atoms with Gasteiger partial charge in [0.2, 0.25) is 0 Å². The highest BCUT2D eigenvalue weighted by Gasteiger charge is 2.15. The molecule has 1 aliphatic heterocycles. The maximum absolute atomic E-state index is 5.96. The van der Waals surface area contributed by atoms with E-state index in [0.29, 0.717) is 0 Å². The average molecular weight is 390 g/mol. The Hall–Kier alpha value is -2.62. The van der Waals surface area contributed by atoms with Gasteiger partial charge in [-0.15, -0.1) is 0 Å². The minimum atomic E-state index is 0.791. The lowest BCUT2D eigenvalue weighted by Gasteiger charge is -2.33. The highest BCUT2D eigenvalue weighted by Crippen LogP contribution is 2.19. The Bertz CT molecular complexity index is 897. The summed E-state index contributed by atoms with van der Waals surface area (Å²) in [6.45, 7) is 4.91. The molecule has 0 atom stereocenters. The predicted octanol–water partition coefficient (Wildman–Crippen LogP) is 5.16. The highest BCUT2D eigenvalue weighted by molar-refractivity contribution is 6.30. The Morgan fingerprint density at radius 3 is 2.07 bits per heavy atom. The first-order chi connectivity index (χ1) is 13.8. The van der Waals surface area contributed by atoms with Gasteiger partial charge in [0.1, 0.15) is 0 Å². The summed E-state index contributed by atoms with van der Waals surface area (Å²) >= 11 is 5.96. The first-order valence-electron chi connectivity index (χ1n) is 9.67. The molecule has 1 heterocycles. The van der Waals surface area contributed by atoms with Crippen molar-refractivity contribution in [2.24, 2.45) is 5.10 Å². The molecule has 0 saturated carbocycles. The Morgan fingerprint density at radius 2 is 1.39 bits per heavy atom. The van der Waals surface area contributed by atoms with E-state index in [1.165, 1.54) is 16.7 Å². The number of hydrazone groups is 1. The number of hydrogen-bond acceptors (Lipinski definition) is 3. The molecule has 4 heteroatoms. The summed E-state index contributed by atoms with van der Waals surface area (Å²) in [6, 6.07) is 27.1. The molecule has 3 nitrogen and oxygen atoms in total. The van der Waals surface area contributed by atoms with Gasteiger partial charge in [-0.05, 0) is 34.4 Å². The van der Waals surface area contributed by atoms with E-state index in [1.807, 2.05) is 24.4 Å². The van der Waals surface area contributed by atoms with Crippen LogP contribution in [0, 0.1) is 0 Å². The molecule has 28 heavy (non-hydrogen) atoms. The first-order valence-corrected chi connectivity index (χ1v) is 10.1. The Morgan fingerprint density at radius 1 is 0.750 bits per heavy atom. The van der Waals surface area contributed by atoms with Crippen LogP contribution in [0.15, 0.2) is 84.0 Å². The lowest BCUT2D eigenvalue weighted by atomic mass is 10.0. The van der Waals surface area contributed by atoms with Gasteiger partial charge in [-0.2, -0.15) is 5.10 Å². The fourth-order valence-corrected chi connectivity index (χ4v) is 3.53. The van der Waals surface area contributed by atoms with E-state index in [-0.39, 0.29) is 0 Å². The molecule has 142 valence electrons. The molecule has 0 aromatic heterocycles. The van der Waals surface area contributed by atoms with E-state index in [0.717, 1.165) is 43.3 Å². The molecular formula is C24H24ClN3. The number of nitrogens with zero attached hydrogens (tertiary/aromatic N) is 3. The van der Waals surface area contributed by atoms with Crippen molar-refractivity contribution >= 4 is 17.8 Å². The van der Waals surface area contributed by atoms with Crippen LogP contribution < -0.4 is 0 Å². The van der Waals surface area contributed by atoms with Crippen LogP contribution in [0.1, 0.15) is 11.1 Å². The molecule has 1 fully saturated rings. The lowest BCUT2D eigenvalue weighted by molar-refractivity contribution is 0.131. The second-order valence-corrected chi connectivity index (χ2v) is 7.53. The molecule has 0 N–H and O–H groups in total. The fourth-order valence-electron chi connectivity index (χ4n) is 3.40. The van der Waals surface area contributed by atoms with Crippen LogP contribution in [0.2, 0.25) is 5.02 Å². The van der Waals surface area contributed by atoms with E-state index < -0.39 is 0 Å². The predicted molar refractivity (Wildman–Crippen MR) is 118 cm³/mol. The van der Waals surface area contributed by atoms with Gasteiger partial charge in [-0.25, -0.2) is 0 Å². The van der Waals surface area contributed by atoms with Gasteiger partial charge in [0, 0.05) is 37.7 Å². The third kappa shape index (κ3) is 5.00. The normalized spacial score (nSPS) is 15.2. The standard InChI is InChI=1S/C24H24ClN3/c25-24-12-8-21(9-13-24)19-27-14-16-28(17-15-27)26-18-20-6-10-23(11-7-20)22-4-2-1-3-5-22/h1-13,18H,14-17,19H2.